The van der Waals surface area contributed by atoms with Gasteiger partial charge in [0.05, 0.1) is 11.2 Å². The van der Waals surface area contributed by atoms with Crippen LogP contribution in [-0.4, -0.2) is 24.3 Å². The summed E-state index contributed by atoms with van der Waals surface area (Å²) in [4.78, 5) is 0. The summed E-state index contributed by atoms with van der Waals surface area (Å²) in [7, 11) is -0.233. The Bertz CT molecular complexity index is 259. The molecular formula is C13H26BNO2. The highest BCUT2D eigenvalue weighted by atomic mass is 16.7. The van der Waals surface area contributed by atoms with Crippen LogP contribution in [0.25, 0.3) is 0 Å². The standard InChI is InChI=1S/C13H26BNO2/c1-12(2)13(3,4)17-14(16-12)11(15)10-8-6-5-7-9-10/h10-11H,5-9,15H2,1-4H3/t11-/m0/s1. The van der Waals surface area contributed by atoms with Crippen molar-refractivity contribution in [1.82, 2.24) is 0 Å². The van der Waals surface area contributed by atoms with E-state index in [1.165, 1.54) is 32.1 Å². The Morgan fingerprint density at radius 3 is 1.94 bits per heavy atom. The lowest BCUT2D eigenvalue weighted by molar-refractivity contribution is 0.00578. The Morgan fingerprint density at radius 1 is 1.00 bits per heavy atom. The number of hydrogen-bond donors (Lipinski definition) is 1. The van der Waals surface area contributed by atoms with Gasteiger partial charge in [-0.1, -0.05) is 19.3 Å². The molecule has 1 aliphatic heterocycles. The van der Waals surface area contributed by atoms with Crippen molar-refractivity contribution in [3.63, 3.8) is 0 Å². The first-order valence-electron chi connectivity index (χ1n) is 6.95. The molecule has 3 nitrogen and oxygen atoms in total. The van der Waals surface area contributed by atoms with Crippen LogP contribution in [0.2, 0.25) is 0 Å². The quantitative estimate of drug-likeness (QED) is 0.753. The minimum Gasteiger partial charge on any atom is -0.402 e. The lowest BCUT2D eigenvalue weighted by Crippen LogP contribution is -2.47. The van der Waals surface area contributed by atoms with E-state index in [1.807, 2.05) is 0 Å². The summed E-state index contributed by atoms with van der Waals surface area (Å²) in [5, 5.41) is 0. The third kappa shape index (κ3) is 2.54. The van der Waals surface area contributed by atoms with Crippen LogP contribution in [0.15, 0.2) is 0 Å². The van der Waals surface area contributed by atoms with E-state index in [0.29, 0.717) is 5.92 Å². The number of nitrogens with two attached hydrogens (primary N) is 1. The van der Waals surface area contributed by atoms with Crippen LogP contribution in [0.1, 0.15) is 59.8 Å². The minimum atomic E-state index is -0.260. The summed E-state index contributed by atoms with van der Waals surface area (Å²) < 4.78 is 12.1. The Morgan fingerprint density at radius 2 is 1.47 bits per heavy atom. The van der Waals surface area contributed by atoms with Gasteiger partial charge in [0, 0.05) is 5.94 Å². The van der Waals surface area contributed by atoms with Crippen LogP contribution < -0.4 is 5.73 Å². The summed E-state index contributed by atoms with van der Waals surface area (Å²) in [6.07, 6.45) is 6.42. The number of rotatable bonds is 2. The predicted octanol–water partition coefficient (Wildman–Crippen LogP) is 2.53. The van der Waals surface area contributed by atoms with E-state index >= 15 is 0 Å². The average molecular weight is 239 g/mol. The molecule has 0 unspecified atom stereocenters. The zero-order valence-corrected chi connectivity index (χ0v) is 11.7. The molecule has 0 radical (unpaired) electrons. The molecule has 2 aliphatic rings. The topological polar surface area (TPSA) is 44.5 Å². The molecule has 0 bridgehead atoms. The molecule has 4 heteroatoms. The van der Waals surface area contributed by atoms with Gasteiger partial charge >= 0.3 is 7.12 Å². The first kappa shape index (κ1) is 13.4. The Balaban J connectivity index is 1.99. The van der Waals surface area contributed by atoms with Crippen molar-refractivity contribution in [3.8, 4) is 0 Å². The summed E-state index contributed by atoms with van der Waals surface area (Å²) in [5.41, 5.74) is 5.83. The second kappa shape index (κ2) is 4.56. The van der Waals surface area contributed by atoms with E-state index in [4.69, 9.17) is 15.0 Å². The van der Waals surface area contributed by atoms with Gasteiger partial charge in [-0.2, -0.15) is 0 Å². The molecule has 0 aromatic rings. The van der Waals surface area contributed by atoms with Gasteiger partial charge in [0.2, 0.25) is 0 Å². The van der Waals surface area contributed by atoms with Crippen LogP contribution >= 0.6 is 0 Å². The van der Waals surface area contributed by atoms with Crippen LogP contribution in [0, 0.1) is 5.92 Å². The van der Waals surface area contributed by atoms with Gasteiger partial charge in [-0.15, -0.1) is 0 Å². The van der Waals surface area contributed by atoms with E-state index < -0.39 is 0 Å². The largest absolute Gasteiger partial charge is 0.476 e. The molecule has 1 aliphatic carbocycles. The van der Waals surface area contributed by atoms with Crippen LogP contribution in [-0.2, 0) is 9.31 Å². The van der Waals surface area contributed by atoms with Crippen LogP contribution in [0.3, 0.4) is 0 Å². The Hall–Kier alpha value is -0.0551. The fraction of sp³-hybridized carbons (Fsp3) is 1.00. The molecule has 2 rings (SSSR count). The molecule has 17 heavy (non-hydrogen) atoms. The molecule has 2 fully saturated rings. The van der Waals surface area contributed by atoms with E-state index in [2.05, 4.69) is 27.7 Å². The maximum absolute atomic E-state index is 6.35. The molecule has 0 aromatic heterocycles. The second-order valence-electron chi connectivity index (χ2n) is 6.60. The normalized spacial score (nSPS) is 30.5. The summed E-state index contributed by atoms with van der Waals surface area (Å²) in [6, 6.07) is 0. The fourth-order valence-corrected chi connectivity index (χ4v) is 2.79. The van der Waals surface area contributed by atoms with E-state index in [1.54, 1.807) is 0 Å². The zero-order valence-electron chi connectivity index (χ0n) is 11.7. The van der Waals surface area contributed by atoms with E-state index in [0.717, 1.165) is 0 Å². The maximum atomic E-state index is 6.35. The molecule has 2 N–H and O–H groups in total. The lowest BCUT2D eigenvalue weighted by atomic mass is 9.67. The maximum Gasteiger partial charge on any atom is 0.476 e. The van der Waals surface area contributed by atoms with Gasteiger partial charge in [0.15, 0.2) is 0 Å². The van der Waals surface area contributed by atoms with E-state index in [-0.39, 0.29) is 24.3 Å². The van der Waals surface area contributed by atoms with Crippen molar-refractivity contribution in [3.05, 3.63) is 0 Å². The molecule has 0 amide bonds. The predicted molar refractivity (Wildman–Crippen MR) is 70.6 cm³/mol. The Kier molecular flexibility index (Phi) is 3.59. The monoisotopic (exact) mass is 239 g/mol. The van der Waals surface area contributed by atoms with E-state index in [9.17, 15) is 0 Å². The van der Waals surface area contributed by atoms with Gasteiger partial charge in [-0.25, -0.2) is 0 Å². The first-order valence-corrected chi connectivity index (χ1v) is 6.95. The smallest absolute Gasteiger partial charge is 0.402 e. The molecule has 98 valence electrons. The van der Waals surface area contributed by atoms with Gasteiger partial charge in [0.1, 0.15) is 0 Å². The highest BCUT2D eigenvalue weighted by molar-refractivity contribution is 6.47. The van der Waals surface area contributed by atoms with Crippen molar-refractivity contribution < 1.29 is 9.31 Å². The molecule has 1 atom stereocenters. The Labute approximate surface area is 106 Å². The van der Waals surface area contributed by atoms with Gasteiger partial charge < -0.3 is 15.0 Å². The van der Waals surface area contributed by atoms with Crippen molar-refractivity contribution in [2.75, 3.05) is 0 Å². The molecule has 1 heterocycles. The molecule has 0 aromatic carbocycles. The van der Waals surface area contributed by atoms with Crippen LogP contribution in [0.4, 0.5) is 0 Å². The first-order chi connectivity index (χ1) is 7.83. The van der Waals surface area contributed by atoms with Crippen molar-refractivity contribution >= 4 is 7.12 Å². The van der Waals surface area contributed by atoms with Crippen molar-refractivity contribution in [2.24, 2.45) is 11.7 Å². The minimum absolute atomic E-state index is 0.0244. The zero-order chi connectivity index (χ0) is 12.7. The average Bonchev–Trinajstić information content (AvgIpc) is 2.48. The summed E-state index contributed by atoms with van der Waals surface area (Å²) in [6.45, 7) is 8.34. The fourth-order valence-electron chi connectivity index (χ4n) is 2.79. The molecule has 1 saturated carbocycles. The highest BCUT2D eigenvalue weighted by Gasteiger charge is 2.54. The van der Waals surface area contributed by atoms with Gasteiger partial charge in [0.25, 0.3) is 0 Å². The lowest BCUT2D eigenvalue weighted by Gasteiger charge is -2.32. The summed E-state index contributed by atoms with van der Waals surface area (Å²) in [5.74, 6) is 0.592. The SMILES string of the molecule is CC1(C)OB([C@@H](N)C2CCCCC2)OC1(C)C. The highest BCUT2D eigenvalue weighted by Crippen LogP contribution is 2.39. The summed E-state index contributed by atoms with van der Waals surface area (Å²) >= 11 is 0. The van der Waals surface area contributed by atoms with Crippen molar-refractivity contribution in [1.29, 1.82) is 0 Å². The second-order valence-corrected chi connectivity index (χ2v) is 6.60. The molecular weight excluding hydrogens is 213 g/mol. The van der Waals surface area contributed by atoms with Gasteiger partial charge in [-0.05, 0) is 46.5 Å². The third-order valence-electron chi connectivity index (χ3n) is 4.78. The third-order valence-corrected chi connectivity index (χ3v) is 4.78. The van der Waals surface area contributed by atoms with Crippen LogP contribution in [0.5, 0.6) is 0 Å². The number of hydrogen-bond acceptors (Lipinski definition) is 3. The molecule has 0 spiro atoms. The van der Waals surface area contributed by atoms with Crippen molar-refractivity contribution in [2.45, 2.75) is 76.9 Å². The molecule has 1 saturated heterocycles. The van der Waals surface area contributed by atoms with Gasteiger partial charge in [-0.3, -0.25) is 0 Å².